The molecule has 0 saturated heterocycles. The van der Waals surface area contributed by atoms with Crippen LogP contribution >= 0.6 is 15.9 Å². The maximum atomic E-state index is 9.43. The molecule has 0 atom stereocenters. The maximum Gasteiger partial charge on any atom is 0.488 e. The van der Waals surface area contributed by atoms with Crippen LogP contribution in [0.15, 0.2) is 344 Å². The van der Waals surface area contributed by atoms with E-state index in [4.69, 9.17) is 29.9 Å². The van der Waals surface area contributed by atoms with Crippen molar-refractivity contribution in [3.8, 4) is 90.8 Å². The van der Waals surface area contributed by atoms with Crippen LogP contribution in [0, 0.1) is 0 Å². The third kappa shape index (κ3) is 11.9. The Morgan fingerprint density at radius 1 is 0.255 bits per heavy atom. The predicted octanol–water partition coefficient (Wildman–Crippen LogP) is 20.0. The van der Waals surface area contributed by atoms with Crippen molar-refractivity contribution in [2.75, 3.05) is 0 Å². The molecule has 18 rings (SSSR count). The highest BCUT2D eigenvalue weighted by atomic mass is 79.9. The summed E-state index contributed by atoms with van der Waals surface area (Å²) in [6.07, 6.45) is 0. The molecule has 4 aromatic heterocycles. The summed E-state index contributed by atoms with van der Waals surface area (Å²) in [5, 5.41) is 28.0. The molecule has 4 heterocycles. The van der Waals surface area contributed by atoms with Crippen LogP contribution in [0.25, 0.3) is 156 Å². The second-order valence-corrected chi connectivity index (χ2v) is 24.5. The second-order valence-electron chi connectivity index (χ2n) is 23.7. The second kappa shape index (κ2) is 26.8. The normalized spacial score (nSPS) is 11.2. The molecule has 14 aromatic carbocycles. The van der Waals surface area contributed by atoms with Gasteiger partial charge in [-0.2, -0.15) is 0 Å². The summed E-state index contributed by atoms with van der Waals surface area (Å²) in [6, 6.07) is 116. The summed E-state index contributed by atoms with van der Waals surface area (Å²) in [5.74, 6) is 3.91. The highest BCUT2D eigenvalue weighted by Crippen LogP contribution is 2.42. The number of rotatable bonds is 10. The monoisotopic (exact) mass is 1320 g/mol. The number of para-hydroxylation sites is 4. The van der Waals surface area contributed by atoms with Crippen LogP contribution in [-0.2, 0) is 0 Å². The van der Waals surface area contributed by atoms with Gasteiger partial charge in [0.1, 0.15) is 0 Å². The summed E-state index contributed by atoms with van der Waals surface area (Å²) in [6.45, 7) is 0. The first-order chi connectivity index (χ1) is 48.4. The van der Waals surface area contributed by atoms with Crippen LogP contribution in [0.4, 0.5) is 0 Å². The molecule has 98 heavy (non-hydrogen) atoms. The number of hydrogen-bond donors (Lipinski definition) is 2. The lowest BCUT2D eigenvalue weighted by atomic mass is 9.80. The van der Waals surface area contributed by atoms with Crippen molar-refractivity contribution in [2.45, 2.75) is 0 Å². The lowest BCUT2D eigenvalue weighted by Gasteiger charge is -2.15. The zero-order valence-electron chi connectivity index (χ0n) is 52.8. The molecule has 0 amide bonds. The van der Waals surface area contributed by atoms with Crippen molar-refractivity contribution >= 4 is 93.7 Å². The number of hydrogen-bond acceptors (Lipinski definition) is 8. The Morgan fingerprint density at radius 2 is 0.592 bits per heavy atom. The van der Waals surface area contributed by atoms with Gasteiger partial charge in [-0.25, -0.2) is 29.9 Å². The summed E-state index contributed by atoms with van der Waals surface area (Å²) < 4.78 is 5.53. The van der Waals surface area contributed by atoms with E-state index < -0.39 is 7.12 Å². The molecule has 0 aliphatic carbocycles. The van der Waals surface area contributed by atoms with Crippen LogP contribution in [0.1, 0.15) is 0 Å². The number of benzene rings is 14. The molecule has 0 unspecified atom stereocenters. The van der Waals surface area contributed by atoms with Crippen molar-refractivity contribution in [1.29, 1.82) is 0 Å². The Hall–Kier alpha value is -12.3. The van der Waals surface area contributed by atoms with Crippen LogP contribution < -0.4 is 5.46 Å². The Balaban J connectivity index is 0.000000125. The van der Waals surface area contributed by atoms with E-state index in [9.17, 15) is 10.0 Å². The molecule has 0 spiro atoms. The van der Waals surface area contributed by atoms with E-state index in [-0.39, 0.29) is 0 Å². The fourth-order valence-corrected chi connectivity index (χ4v) is 13.7. The fourth-order valence-electron chi connectivity index (χ4n) is 13.0. The van der Waals surface area contributed by atoms with E-state index in [1.54, 1.807) is 6.07 Å². The Kier molecular flexibility index (Phi) is 16.6. The summed E-state index contributed by atoms with van der Waals surface area (Å²) >= 11 is 3.78. The number of halogens is 1. The summed E-state index contributed by atoms with van der Waals surface area (Å²) in [5.41, 5.74) is 15.2. The molecule has 0 aliphatic heterocycles. The van der Waals surface area contributed by atoms with Crippen molar-refractivity contribution in [1.82, 2.24) is 39.0 Å². The van der Waals surface area contributed by atoms with Crippen LogP contribution in [0.3, 0.4) is 0 Å². The third-order valence-electron chi connectivity index (χ3n) is 17.7. The topological polar surface area (TPSA) is 128 Å². The van der Waals surface area contributed by atoms with Gasteiger partial charge < -0.3 is 19.2 Å². The highest BCUT2D eigenvalue weighted by Gasteiger charge is 2.22. The molecule has 0 saturated carbocycles. The van der Waals surface area contributed by atoms with Crippen molar-refractivity contribution in [2.24, 2.45) is 0 Å². The molecule has 12 heteroatoms. The predicted molar refractivity (Wildman–Crippen MR) is 405 cm³/mol. The van der Waals surface area contributed by atoms with Gasteiger partial charge in [0.05, 0.1) is 22.1 Å². The van der Waals surface area contributed by atoms with E-state index in [0.29, 0.717) is 40.4 Å². The Labute approximate surface area is 574 Å². The van der Waals surface area contributed by atoms with E-state index in [2.05, 4.69) is 183 Å². The molecule has 18 aromatic rings. The van der Waals surface area contributed by atoms with Crippen LogP contribution in [0.2, 0.25) is 0 Å². The third-order valence-corrected chi connectivity index (χ3v) is 18.5. The lowest BCUT2D eigenvalue weighted by Crippen LogP contribution is -2.29. The van der Waals surface area contributed by atoms with Crippen molar-refractivity contribution in [3.63, 3.8) is 0 Å². The molecular formula is C86H58BBrN8O2. The molecule has 0 radical (unpaired) electrons. The molecule has 2 N–H and O–H groups in total. The van der Waals surface area contributed by atoms with Gasteiger partial charge in [-0.3, -0.25) is 0 Å². The zero-order chi connectivity index (χ0) is 65.9. The van der Waals surface area contributed by atoms with E-state index in [0.717, 1.165) is 92.9 Å². The molecule has 0 fully saturated rings. The molecular weight excluding hydrogens is 1270 g/mol. The number of fused-ring (bicyclic) bond motifs is 8. The Morgan fingerprint density at radius 3 is 1.05 bits per heavy atom. The first-order valence-corrected chi connectivity index (χ1v) is 33.1. The van der Waals surface area contributed by atoms with Gasteiger partial charge in [0.2, 0.25) is 0 Å². The molecule has 0 aliphatic rings. The zero-order valence-corrected chi connectivity index (χ0v) is 54.3. The van der Waals surface area contributed by atoms with Gasteiger partial charge in [-0.15, -0.1) is 0 Å². The Bertz CT molecular complexity index is 5810. The molecule has 464 valence electrons. The first kappa shape index (κ1) is 60.6. The maximum absolute atomic E-state index is 9.43. The minimum Gasteiger partial charge on any atom is -0.423 e. The van der Waals surface area contributed by atoms with Gasteiger partial charge in [0, 0.05) is 76.3 Å². The number of aromatic nitrogens is 8. The highest BCUT2D eigenvalue weighted by molar-refractivity contribution is 9.10. The van der Waals surface area contributed by atoms with Crippen molar-refractivity contribution in [3.05, 3.63) is 344 Å². The first-order valence-electron chi connectivity index (χ1n) is 32.3. The lowest BCUT2D eigenvalue weighted by molar-refractivity contribution is 0.426. The SMILES string of the molecule is Brc1c(-c2nc(-c3ccccc3)nc(-c3ccccc3)n2)ccc2ccccc12.OB(O)c1ccc2c(c1)c1ccccc1n2-c1ccccc1.c1ccc(-c2nc(-c3ccccc3)nc(-c3ccc4ccccc4c3-c3ccc4c(c3)c3ccccc3n4-c3ccccc3)n2)cc1. The van der Waals surface area contributed by atoms with Gasteiger partial charge in [-0.05, 0) is 115 Å². The van der Waals surface area contributed by atoms with Gasteiger partial charge in [0.25, 0.3) is 0 Å². The standard InChI is InChI=1S/C43H28N4.C25H16BrN3.C18H14BNO2/c1-4-15-30(16-5-1)41-44-42(31-17-6-2-7-18-31)46-43(45-41)36-26-24-29-14-10-11-21-34(29)40(36)32-25-27-39-37(28-32)35-22-12-13-23-38(35)47(39)33-19-8-3-9-20-33;26-22-20-14-8-7-9-17(20)15-16-21(22)25-28-23(18-10-3-1-4-11-18)27-24(29-25)19-12-5-2-6-13-19;21-19(22)13-10-11-18-16(12-13)15-8-4-5-9-17(15)20(18)14-6-2-1-3-7-14/h1-28H;1-16H;1-12,21-22H. The molecule has 10 nitrogen and oxygen atoms in total. The van der Waals surface area contributed by atoms with E-state index >= 15 is 0 Å². The van der Waals surface area contributed by atoms with Crippen LogP contribution in [0.5, 0.6) is 0 Å². The largest absolute Gasteiger partial charge is 0.488 e. The van der Waals surface area contributed by atoms with E-state index in [1.807, 2.05) is 176 Å². The fraction of sp³-hybridized carbons (Fsp3) is 0. The van der Waals surface area contributed by atoms with Gasteiger partial charge in [0.15, 0.2) is 34.9 Å². The van der Waals surface area contributed by atoms with Crippen molar-refractivity contribution < 1.29 is 10.0 Å². The van der Waals surface area contributed by atoms with Crippen LogP contribution in [-0.4, -0.2) is 56.2 Å². The molecule has 0 bridgehead atoms. The number of nitrogens with zero attached hydrogens (tertiary/aromatic N) is 8. The quantitative estimate of drug-likeness (QED) is 0.130. The average molecular weight is 1330 g/mol. The smallest absolute Gasteiger partial charge is 0.423 e. The van der Waals surface area contributed by atoms with E-state index in [1.165, 1.54) is 32.6 Å². The minimum absolute atomic E-state index is 0.503. The average Bonchev–Trinajstić information content (AvgIpc) is 1.52. The summed E-state index contributed by atoms with van der Waals surface area (Å²) in [4.78, 5) is 29.6. The van der Waals surface area contributed by atoms with Gasteiger partial charge >= 0.3 is 7.12 Å². The van der Waals surface area contributed by atoms with Gasteiger partial charge in [-0.1, -0.05) is 273 Å². The minimum atomic E-state index is -1.46. The summed E-state index contributed by atoms with van der Waals surface area (Å²) in [7, 11) is -1.46.